The fourth-order valence-corrected chi connectivity index (χ4v) is 4.03. The lowest BCUT2D eigenvalue weighted by Gasteiger charge is -2.37. The van der Waals surface area contributed by atoms with Gasteiger partial charge in [0.1, 0.15) is 0 Å². The van der Waals surface area contributed by atoms with E-state index in [0.29, 0.717) is 0 Å². The van der Waals surface area contributed by atoms with Crippen LogP contribution < -0.4 is 0 Å². The van der Waals surface area contributed by atoms with Crippen molar-refractivity contribution >= 4 is 0 Å². The SMILES string of the molecule is C=CC.CC.CC.CCC1=C(/C=C\C(C)(C)C)C(C)(C)C2=C(C=C1)C(C)(C)/C=C\C=C(C)C2. The van der Waals surface area contributed by atoms with E-state index in [1.165, 1.54) is 22.3 Å². The molecule has 0 radical (unpaired) electrons. The molecule has 0 fully saturated rings. The van der Waals surface area contributed by atoms with Gasteiger partial charge in [-0.25, -0.2) is 0 Å². The van der Waals surface area contributed by atoms with E-state index in [1.54, 1.807) is 11.6 Å². The fourth-order valence-electron chi connectivity index (χ4n) is 4.03. The Morgan fingerprint density at radius 2 is 1.52 bits per heavy atom. The third-order valence-corrected chi connectivity index (χ3v) is 5.72. The molecular weight excluding hydrogens is 396 g/mol. The van der Waals surface area contributed by atoms with Gasteiger partial charge in [0.15, 0.2) is 0 Å². The zero-order valence-electron chi connectivity index (χ0n) is 24.7. The van der Waals surface area contributed by atoms with Gasteiger partial charge in [0.25, 0.3) is 0 Å². The van der Waals surface area contributed by atoms with Crippen molar-refractivity contribution in [1.82, 2.24) is 0 Å². The van der Waals surface area contributed by atoms with E-state index < -0.39 is 0 Å². The number of rotatable bonds is 2. The molecule has 0 nitrogen and oxygen atoms in total. The molecule has 33 heavy (non-hydrogen) atoms. The van der Waals surface area contributed by atoms with Gasteiger partial charge in [0.05, 0.1) is 0 Å². The predicted molar refractivity (Wildman–Crippen MR) is 156 cm³/mol. The maximum absolute atomic E-state index is 3.36. The summed E-state index contributed by atoms with van der Waals surface area (Å²) in [6.45, 7) is 34.1. The number of allylic oxidation sites excluding steroid dienone is 13. The standard InChI is InChI=1S/C26H38.C3H6.2C2H6/c1-10-20-13-14-22-23(18-19(2)12-11-16-25(22,6)7)26(8,9)21(20)15-17-24(3,4)5;1-3-2;2*1-2/h11-17H,10,18H2,1-9H3;3H,1H2,2H3;2*1-2H3/b16-11-,17-15-,19-12?;;;. The first-order chi connectivity index (χ1) is 15.3. The molecule has 0 N–H and O–H groups in total. The second kappa shape index (κ2) is 15.2. The largest absolute Gasteiger partial charge is 0.103 e. The summed E-state index contributed by atoms with van der Waals surface area (Å²) in [7, 11) is 0. The Balaban J connectivity index is 0. The summed E-state index contributed by atoms with van der Waals surface area (Å²) in [5, 5.41) is 0. The van der Waals surface area contributed by atoms with Gasteiger partial charge in [-0.1, -0.05) is 143 Å². The first kappa shape index (κ1) is 33.4. The number of hydrogen-bond acceptors (Lipinski definition) is 0. The molecule has 2 aliphatic rings. The quantitative estimate of drug-likeness (QED) is 0.365. The zero-order chi connectivity index (χ0) is 26.5. The van der Waals surface area contributed by atoms with Crippen LogP contribution in [0.25, 0.3) is 0 Å². The van der Waals surface area contributed by atoms with E-state index in [0.717, 1.165) is 12.8 Å². The van der Waals surface area contributed by atoms with Crippen LogP contribution in [0.1, 0.15) is 110 Å². The predicted octanol–water partition coefficient (Wildman–Crippen LogP) is 11.4. The molecule has 2 aliphatic carbocycles. The van der Waals surface area contributed by atoms with Crippen LogP contribution >= 0.6 is 0 Å². The van der Waals surface area contributed by atoms with Crippen molar-refractivity contribution in [3.63, 3.8) is 0 Å². The monoisotopic (exact) mass is 452 g/mol. The summed E-state index contributed by atoms with van der Waals surface area (Å²) >= 11 is 0. The van der Waals surface area contributed by atoms with E-state index in [-0.39, 0.29) is 16.2 Å². The Morgan fingerprint density at radius 1 is 1.00 bits per heavy atom. The second-order valence-electron chi connectivity index (χ2n) is 10.5. The molecule has 0 saturated carbocycles. The van der Waals surface area contributed by atoms with Crippen LogP contribution in [0.2, 0.25) is 0 Å². The van der Waals surface area contributed by atoms with Gasteiger partial charge in [0, 0.05) is 10.8 Å². The Hall–Kier alpha value is -1.82. The summed E-state index contributed by atoms with van der Waals surface area (Å²) < 4.78 is 0. The van der Waals surface area contributed by atoms with Crippen molar-refractivity contribution in [1.29, 1.82) is 0 Å². The topological polar surface area (TPSA) is 0 Å². The molecular formula is C33H56. The molecule has 0 aromatic heterocycles. The summed E-state index contributed by atoms with van der Waals surface area (Å²) in [4.78, 5) is 0. The minimum atomic E-state index is 0.0173. The zero-order valence-corrected chi connectivity index (χ0v) is 24.7. The minimum Gasteiger partial charge on any atom is -0.103 e. The van der Waals surface area contributed by atoms with Crippen molar-refractivity contribution in [3.05, 3.63) is 83.1 Å². The first-order valence-electron chi connectivity index (χ1n) is 13.1. The second-order valence-corrected chi connectivity index (χ2v) is 10.5. The minimum absolute atomic E-state index is 0.0173. The average Bonchev–Trinajstić information content (AvgIpc) is 2.83. The summed E-state index contributed by atoms with van der Waals surface area (Å²) in [5.74, 6) is 0. The first-order valence-corrected chi connectivity index (χ1v) is 13.1. The van der Waals surface area contributed by atoms with Crippen LogP contribution in [0.3, 0.4) is 0 Å². The van der Waals surface area contributed by atoms with Gasteiger partial charge < -0.3 is 0 Å². The Morgan fingerprint density at radius 3 is 1.97 bits per heavy atom. The summed E-state index contributed by atoms with van der Waals surface area (Å²) in [6.07, 6.45) is 20.3. The van der Waals surface area contributed by atoms with E-state index in [9.17, 15) is 0 Å². The van der Waals surface area contributed by atoms with Gasteiger partial charge in [0.2, 0.25) is 0 Å². The van der Waals surface area contributed by atoms with Crippen LogP contribution in [0, 0.1) is 16.2 Å². The molecule has 2 rings (SSSR count). The molecule has 0 aromatic rings. The molecule has 0 aliphatic heterocycles. The average molecular weight is 453 g/mol. The van der Waals surface area contributed by atoms with E-state index in [4.69, 9.17) is 0 Å². The van der Waals surface area contributed by atoms with Crippen LogP contribution in [0.4, 0.5) is 0 Å². The fraction of sp³-hybridized carbons (Fsp3) is 0.576. The molecule has 0 heterocycles. The maximum atomic E-state index is 3.36. The smallest absolute Gasteiger partial charge is 0.0117 e. The normalized spacial score (nSPS) is 19.8. The highest BCUT2D eigenvalue weighted by molar-refractivity contribution is 5.53. The highest BCUT2D eigenvalue weighted by Crippen LogP contribution is 2.49. The van der Waals surface area contributed by atoms with Crippen LogP contribution in [0.15, 0.2) is 83.1 Å². The van der Waals surface area contributed by atoms with Gasteiger partial charge in [-0.15, -0.1) is 6.58 Å². The van der Waals surface area contributed by atoms with Crippen molar-refractivity contribution in [2.75, 3.05) is 0 Å². The van der Waals surface area contributed by atoms with Gasteiger partial charge in [-0.3, -0.25) is 0 Å². The van der Waals surface area contributed by atoms with Crippen molar-refractivity contribution in [3.8, 4) is 0 Å². The van der Waals surface area contributed by atoms with Crippen molar-refractivity contribution in [2.24, 2.45) is 16.2 Å². The van der Waals surface area contributed by atoms with Crippen LogP contribution in [0.5, 0.6) is 0 Å². The highest BCUT2D eigenvalue weighted by Gasteiger charge is 2.35. The van der Waals surface area contributed by atoms with E-state index in [2.05, 4.69) is 111 Å². The molecule has 0 heteroatoms. The molecule has 0 amide bonds. The number of hydrogen-bond donors (Lipinski definition) is 0. The van der Waals surface area contributed by atoms with Crippen LogP contribution in [-0.4, -0.2) is 0 Å². The Labute approximate surface area is 209 Å². The van der Waals surface area contributed by atoms with Gasteiger partial charge in [-0.05, 0) is 48.8 Å². The van der Waals surface area contributed by atoms with E-state index in [1.807, 2.05) is 34.6 Å². The summed E-state index contributed by atoms with van der Waals surface area (Å²) in [6, 6.07) is 0. The third-order valence-electron chi connectivity index (χ3n) is 5.72. The Kier molecular flexibility index (Phi) is 15.3. The maximum Gasteiger partial charge on any atom is 0.0117 e. The van der Waals surface area contributed by atoms with Crippen LogP contribution in [-0.2, 0) is 0 Å². The molecule has 0 atom stereocenters. The van der Waals surface area contributed by atoms with E-state index >= 15 is 0 Å². The highest BCUT2D eigenvalue weighted by atomic mass is 14.4. The lowest BCUT2D eigenvalue weighted by atomic mass is 9.67. The van der Waals surface area contributed by atoms with Crippen molar-refractivity contribution < 1.29 is 0 Å². The van der Waals surface area contributed by atoms with Crippen molar-refractivity contribution in [2.45, 2.75) is 110 Å². The third kappa shape index (κ3) is 10.3. The molecule has 0 unspecified atom stereocenters. The molecule has 0 aromatic carbocycles. The molecule has 0 bridgehead atoms. The lowest BCUT2D eigenvalue weighted by molar-refractivity contribution is 0.492. The lowest BCUT2D eigenvalue weighted by Crippen LogP contribution is -2.24. The van der Waals surface area contributed by atoms with Gasteiger partial charge in [-0.2, -0.15) is 0 Å². The molecule has 0 saturated heterocycles. The van der Waals surface area contributed by atoms with Gasteiger partial charge >= 0.3 is 0 Å². The summed E-state index contributed by atoms with van der Waals surface area (Å²) in [5.41, 5.74) is 7.67. The molecule has 0 spiro atoms. The Bertz CT molecular complexity index is 774. The molecule has 188 valence electrons.